The molecular formula is C15H20FN3OS. The zero-order chi connectivity index (χ0) is 15.4. The first-order valence-electron chi connectivity index (χ1n) is 7.03. The molecule has 1 amide bonds. The maximum absolute atomic E-state index is 12.8. The van der Waals surface area contributed by atoms with Crippen LogP contribution in [0.2, 0.25) is 0 Å². The van der Waals surface area contributed by atoms with Crippen LogP contribution < -0.4 is 5.73 Å². The van der Waals surface area contributed by atoms with Crippen molar-refractivity contribution in [3.63, 3.8) is 0 Å². The monoisotopic (exact) mass is 309 g/mol. The Morgan fingerprint density at radius 2 is 1.86 bits per heavy atom. The highest BCUT2D eigenvalue weighted by Gasteiger charge is 2.24. The van der Waals surface area contributed by atoms with Gasteiger partial charge in [-0.1, -0.05) is 24.4 Å². The average Bonchev–Trinajstić information content (AvgIpc) is 2.49. The highest BCUT2D eigenvalue weighted by molar-refractivity contribution is 7.80. The van der Waals surface area contributed by atoms with E-state index in [2.05, 4.69) is 4.90 Å². The van der Waals surface area contributed by atoms with Crippen molar-refractivity contribution in [1.29, 1.82) is 0 Å². The van der Waals surface area contributed by atoms with Gasteiger partial charge < -0.3 is 10.6 Å². The van der Waals surface area contributed by atoms with Gasteiger partial charge in [-0.15, -0.1) is 0 Å². The smallest absolute Gasteiger partial charge is 0.227 e. The lowest BCUT2D eigenvalue weighted by molar-refractivity contribution is -0.132. The molecule has 0 aromatic heterocycles. The van der Waals surface area contributed by atoms with Gasteiger partial charge in [-0.05, 0) is 24.6 Å². The van der Waals surface area contributed by atoms with Crippen molar-refractivity contribution in [1.82, 2.24) is 9.80 Å². The minimum Gasteiger partial charge on any atom is -0.392 e. The van der Waals surface area contributed by atoms with E-state index in [-0.39, 0.29) is 17.8 Å². The van der Waals surface area contributed by atoms with Crippen LogP contribution in [0.15, 0.2) is 24.3 Å². The minimum atomic E-state index is -0.286. The summed E-state index contributed by atoms with van der Waals surface area (Å²) in [7, 11) is 0. The zero-order valence-corrected chi connectivity index (χ0v) is 12.9. The van der Waals surface area contributed by atoms with Gasteiger partial charge in [0.15, 0.2) is 0 Å². The van der Waals surface area contributed by atoms with E-state index in [4.69, 9.17) is 18.0 Å². The van der Waals surface area contributed by atoms with Crippen LogP contribution in [0.3, 0.4) is 0 Å². The Kier molecular flexibility index (Phi) is 5.25. The van der Waals surface area contributed by atoms with Crippen LogP contribution in [0.5, 0.6) is 0 Å². The number of piperazine rings is 1. The fourth-order valence-corrected chi connectivity index (χ4v) is 2.58. The molecule has 4 nitrogen and oxygen atoms in total. The summed E-state index contributed by atoms with van der Waals surface area (Å²) in [4.78, 5) is 16.7. The lowest BCUT2D eigenvalue weighted by atomic mass is 10.1. The Hall–Kier alpha value is -1.53. The van der Waals surface area contributed by atoms with Gasteiger partial charge in [-0.25, -0.2) is 4.39 Å². The lowest BCUT2D eigenvalue weighted by Gasteiger charge is -2.37. The van der Waals surface area contributed by atoms with E-state index in [0.29, 0.717) is 24.5 Å². The second-order valence-corrected chi connectivity index (χ2v) is 5.77. The van der Waals surface area contributed by atoms with E-state index < -0.39 is 0 Å². The summed E-state index contributed by atoms with van der Waals surface area (Å²) in [5.74, 6) is -0.212. The molecule has 0 aliphatic carbocycles. The first kappa shape index (κ1) is 15.9. The summed E-state index contributed by atoms with van der Waals surface area (Å²) in [6.07, 6.45) is 0.311. The quantitative estimate of drug-likeness (QED) is 0.849. The fourth-order valence-electron chi connectivity index (χ4n) is 2.43. The number of amides is 1. The Labute approximate surface area is 129 Å². The summed E-state index contributed by atoms with van der Waals surface area (Å²) in [6, 6.07) is 6.13. The predicted octanol–water partition coefficient (Wildman–Crippen LogP) is 1.19. The molecule has 0 bridgehead atoms. The van der Waals surface area contributed by atoms with E-state index >= 15 is 0 Å². The number of hydrogen-bond donors (Lipinski definition) is 1. The van der Waals surface area contributed by atoms with Gasteiger partial charge in [0, 0.05) is 26.2 Å². The molecule has 2 rings (SSSR count). The zero-order valence-electron chi connectivity index (χ0n) is 12.1. The van der Waals surface area contributed by atoms with E-state index in [1.807, 2.05) is 11.8 Å². The molecule has 114 valence electrons. The number of rotatable bonds is 4. The van der Waals surface area contributed by atoms with Crippen LogP contribution in [-0.2, 0) is 11.2 Å². The third-order valence-corrected chi connectivity index (χ3v) is 4.24. The van der Waals surface area contributed by atoms with Crippen molar-refractivity contribution in [3.05, 3.63) is 35.6 Å². The summed E-state index contributed by atoms with van der Waals surface area (Å²) < 4.78 is 12.8. The summed E-state index contributed by atoms with van der Waals surface area (Å²) in [6.45, 7) is 4.87. The molecule has 1 unspecified atom stereocenters. The van der Waals surface area contributed by atoms with Crippen molar-refractivity contribution < 1.29 is 9.18 Å². The van der Waals surface area contributed by atoms with Crippen molar-refractivity contribution in [2.45, 2.75) is 19.4 Å². The molecule has 21 heavy (non-hydrogen) atoms. The molecule has 1 aromatic carbocycles. The van der Waals surface area contributed by atoms with Crippen LogP contribution >= 0.6 is 12.2 Å². The number of nitrogens with zero attached hydrogens (tertiary/aromatic N) is 2. The molecule has 1 atom stereocenters. The van der Waals surface area contributed by atoms with Crippen LogP contribution in [0.1, 0.15) is 12.5 Å². The molecule has 2 N–H and O–H groups in total. The Balaban J connectivity index is 1.85. The van der Waals surface area contributed by atoms with Crippen molar-refractivity contribution >= 4 is 23.1 Å². The standard InChI is InChI=1S/C15H20FN3OS/c1-11(15(17)21)18-6-8-19(9-7-18)14(20)10-12-2-4-13(16)5-3-12/h2-5,11H,6-10H2,1H3,(H2,17,21). The lowest BCUT2D eigenvalue weighted by Crippen LogP contribution is -2.54. The number of hydrogen-bond acceptors (Lipinski definition) is 3. The number of benzene rings is 1. The first-order valence-corrected chi connectivity index (χ1v) is 7.44. The molecule has 0 radical (unpaired) electrons. The molecule has 1 fully saturated rings. The second kappa shape index (κ2) is 6.95. The summed E-state index contributed by atoms with van der Waals surface area (Å²) >= 11 is 5.00. The SMILES string of the molecule is CC(C(N)=S)N1CCN(C(=O)Cc2ccc(F)cc2)CC1. The molecule has 1 heterocycles. The van der Waals surface area contributed by atoms with Gasteiger partial charge in [0.25, 0.3) is 0 Å². The molecule has 6 heteroatoms. The van der Waals surface area contributed by atoms with E-state index in [1.54, 1.807) is 12.1 Å². The summed E-state index contributed by atoms with van der Waals surface area (Å²) in [5, 5.41) is 0. The van der Waals surface area contributed by atoms with Crippen molar-refractivity contribution in [2.24, 2.45) is 5.73 Å². The molecule has 0 spiro atoms. The molecule has 1 aliphatic rings. The van der Waals surface area contributed by atoms with Gasteiger partial charge in [0.1, 0.15) is 5.82 Å². The second-order valence-electron chi connectivity index (χ2n) is 5.30. The average molecular weight is 309 g/mol. The third-order valence-electron chi connectivity index (χ3n) is 3.90. The van der Waals surface area contributed by atoms with Gasteiger partial charge in [-0.2, -0.15) is 0 Å². The van der Waals surface area contributed by atoms with Crippen LogP contribution in [0.25, 0.3) is 0 Å². The van der Waals surface area contributed by atoms with E-state index in [9.17, 15) is 9.18 Å². The van der Waals surface area contributed by atoms with Crippen LogP contribution in [0, 0.1) is 5.82 Å². The highest BCUT2D eigenvalue weighted by Crippen LogP contribution is 2.10. The summed E-state index contributed by atoms with van der Waals surface area (Å²) in [5.41, 5.74) is 6.49. The Bertz CT molecular complexity index is 512. The van der Waals surface area contributed by atoms with E-state index in [1.165, 1.54) is 12.1 Å². The molecule has 1 aliphatic heterocycles. The molecule has 1 saturated heterocycles. The fraction of sp³-hybridized carbons (Fsp3) is 0.467. The number of thiocarbonyl (C=S) groups is 1. The van der Waals surface area contributed by atoms with Crippen molar-refractivity contribution in [3.8, 4) is 0 Å². The third kappa shape index (κ3) is 4.22. The molecular weight excluding hydrogens is 289 g/mol. The number of carbonyl (C=O) groups is 1. The Morgan fingerprint density at radius 3 is 2.38 bits per heavy atom. The predicted molar refractivity (Wildman–Crippen MR) is 84.5 cm³/mol. The maximum atomic E-state index is 12.8. The largest absolute Gasteiger partial charge is 0.392 e. The van der Waals surface area contributed by atoms with Crippen LogP contribution in [0.4, 0.5) is 4.39 Å². The minimum absolute atomic E-state index is 0.0642. The number of halogens is 1. The van der Waals surface area contributed by atoms with Crippen molar-refractivity contribution in [2.75, 3.05) is 26.2 Å². The normalized spacial score (nSPS) is 17.5. The Morgan fingerprint density at radius 1 is 1.29 bits per heavy atom. The number of carbonyl (C=O) groups excluding carboxylic acids is 1. The topological polar surface area (TPSA) is 49.6 Å². The highest BCUT2D eigenvalue weighted by atomic mass is 32.1. The molecule has 0 saturated carbocycles. The van der Waals surface area contributed by atoms with E-state index in [0.717, 1.165) is 18.7 Å². The van der Waals surface area contributed by atoms with Gasteiger partial charge >= 0.3 is 0 Å². The first-order chi connectivity index (χ1) is 9.97. The van der Waals surface area contributed by atoms with Gasteiger partial charge in [-0.3, -0.25) is 9.69 Å². The maximum Gasteiger partial charge on any atom is 0.227 e. The molecule has 1 aromatic rings. The van der Waals surface area contributed by atoms with Gasteiger partial charge in [0.2, 0.25) is 5.91 Å². The van der Waals surface area contributed by atoms with Gasteiger partial charge in [0.05, 0.1) is 17.5 Å². The van der Waals surface area contributed by atoms with Crippen LogP contribution in [-0.4, -0.2) is 52.9 Å². The number of nitrogens with two attached hydrogens (primary N) is 1.